The molecule has 4 rings (SSSR count). The first-order valence-electron chi connectivity index (χ1n) is 9.18. The summed E-state index contributed by atoms with van der Waals surface area (Å²) in [6.45, 7) is 3.74. The molecule has 2 aromatic carbocycles. The second-order valence-electron chi connectivity index (χ2n) is 6.99. The van der Waals surface area contributed by atoms with Crippen molar-refractivity contribution in [1.29, 1.82) is 0 Å². The predicted molar refractivity (Wildman–Crippen MR) is 111 cm³/mol. The first-order valence-corrected chi connectivity index (χ1v) is 9.56. The Bertz CT molecular complexity index is 1150. The van der Waals surface area contributed by atoms with Gasteiger partial charge in [-0.2, -0.15) is 0 Å². The quantitative estimate of drug-likeness (QED) is 0.659. The van der Waals surface area contributed by atoms with E-state index >= 15 is 0 Å². The number of halogens is 1. The molecule has 0 saturated heterocycles. The van der Waals surface area contributed by atoms with Crippen molar-refractivity contribution in [2.24, 2.45) is 0 Å². The van der Waals surface area contributed by atoms with Crippen molar-refractivity contribution in [3.05, 3.63) is 69.9 Å². The molecule has 1 aromatic heterocycles. The van der Waals surface area contributed by atoms with Crippen molar-refractivity contribution >= 4 is 45.9 Å². The minimum Gasteiger partial charge on any atom is -0.325 e. The Labute approximate surface area is 172 Å². The fraction of sp³-hybridized carbons (Fsp3) is 0.182. The molecule has 1 aliphatic rings. The van der Waals surface area contributed by atoms with E-state index in [-0.39, 0.29) is 30.7 Å². The zero-order valence-electron chi connectivity index (χ0n) is 16.0. The van der Waals surface area contributed by atoms with E-state index in [1.165, 1.54) is 0 Å². The molecule has 3 amide bonds. The topological polar surface area (TPSA) is 79.4 Å². The van der Waals surface area contributed by atoms with Gasteiger partial charge in [0, 0.05) is 29.1 Å². The van der Waals surface area contributed by atoms with Crippen molar-refractivity contribution in [3.8, 4) is 0 Å². The molecule has 0 fully saturated rings. The normalized spacial score (nSPS) is 13.1. The number of carbonyl (C=O) groups excluding carboxylic acids is 3. The predicted octanol–water partition coefficient (Wildman–Crippen LogP) is 4.13. The minimum absolute atomic E-state index is 0.000897. The molecule has 0 radical (unpaired) electrons. The van der Waals surface area contributed by atoms with Crippen LogP contribution in [-0.4, -0.2) is 34.2 Å². The highest BCUT2D eigenvalue weighted by Gasteiger charge is 2.34. The molecule has 1 N–H and O–H groups in total. The van der Waals surface area contributed by atoms with Gasteiger partial charge in [0.15, 0.2) is 0 Å². The number of aromatic nitrogens is 1. The summed E-state index contributed by atoms with van der Waals surface area (Å²) in [6.07, 6.45) is 0.000897. The van der Waals surface area contributed by atoms with Crippen LogP contribution in [0.15, 0.2) is 42.5 Å². The summed E-state index contributed by atoms with van der Waals surface area (Å²) in [7, 11) is 0. The van der Waals surface area contributed by atoms with E-state index in [0.717, 1.165) is 27.1 Å². The summed E-state index contributed by atoms with van der Waals surface area (Å²) in [5.74, 6) is -1.02. The van der Waals surface area contributed by atoms with Crippen LogP contribution >= 0.6 is 11.6 Å². The van der Waals surface area contributed by atoms with E-state index in [4.69, 9.17) is 11.6 Å². The molecular formula is C22H18ClN3O3. The summed E-state index contributed by atoms with van der Waals surface area (Å²) in [5, 5.41) is 4.27. The third kappa shape index (κ3) is 3.36. The average Bonchev–Trinajstić information content (AvgIpc) is 2.94. The maximum atomic E-state index is 12.6. The lowest BCUT2D eigenvalue weighted by atomic mass is 10.1. The van der Waals surface area contributed by atoms with Crippen LogP contribution in [-0.2, 0) is 4.79 Å². The lowest BCUT2D eigenvalue weighted by molar-refractivity contribution is -0.116. The first-order chi connectivity index (χ1) is 13.9. The second kappa shape index (κ2) is 7.29. The number of hydrogen-bond donors (Lipinski definition) is 1. The van der Waals surface area contributed by atoms with Crippen molar-refractivity contribution in [3.63, 3.8) is 0 Å². The number of rotatable bonds is 4. The van der Waals surface area contributed by atoms with Crippen molar-refractivity contribution in [1.82, 2.24) is 9.88 Å². The fourth-order valence-corrected chi connectivity index (χ4v) is 3.66. The summed E-state index contributed by atoms with van der Waals surface area (Å²) >= 11 is 6.19. The number of aryl methyl sites for hydroxylation is 2. The van der Waals surface area contributed by atoms with E-state index < -0.39 is 0 Å². The third-order valence-electron chi connectivity index (χ3n) is 5.01. The number of benzene rings is 2. The lowest BCUT2D eigenvalue weighted by Gasteiger charge is -2.15. The Balaban J connectivity index is 1.51. The molecule has 1 aliphatic heterocycles. The number of fused-ring (bicyclic) bond motifs is 2. The van der Waals surface area contributed by atoms with Crippen LogP contribution in [0, 0.1) is 13.8 Å². The summed E-state index contributed by atoms with van der Waals surface area (Å²) < 4.78 is 0. The summed E-state index contributed by atoms with van der Waals surface area (Å²) in [4.78, 5) is 43.0. The van der Waals surface area contributed by atoms with E-state index in [1.54, 1.807) is 36.4 Å². The van der Waals surface area contributed by atoms with Gasteiger partial charge in [0.1, 0.15) is 0 Å². The number of pyridine rings is 1. The zero-order valence-corrected chi connectivity index (χ0v) is 16.7. The monoisotopic (exact) mass is 407 g/mol. The van der Waals surface area contributed by atoms with Gasteiger partial charge < -0.3 is 5.32 Å². The highest BCUT2D eigenvalue weighted by molar-refractivity contribution is 6.32. The number of nitrogens with one attached hydrogen (secondary N) is 1. The zero-order chi connectivity index (χ0) is 20.7. The Morgan fingerprint density at radius 2 is 1.72 bits per heavy atom. The molecule has 7 heteroatoms. The van der Waals surface area contributed by atoms with Gasteiger partial charge in [-0.25, -0.2) is 0 Å². The van der Waals surface area contributed by atoms with Crippen LogP contribution in [0.2, 0.25) is 5.02 Å². The molecule has 2 heterocycles. The lowest BCUT2D eigenvalue weighted by Crippen LogP contribution is -2.32. The standard InChI is InChI=1S/C22H18ClN3O3/c1-12-11-18(16-7-8-17(23)13(2)20(16)24-12)25-19(27)9-10-26-21(28)14-5-3-4-6-15(14)22(26)29/h3-8,11H,9-10H2,1-2H3,(H,24,25,27). The number of hydrogen-bond acceptors (Lipinski definition) is 4. The smallest absolute Gasteiger partial charge is 0.261 e. The minimum atomic E-state index is -0.367. The first kappa shape index (κ1) is 19.1. The molecule has 0 saturated carbocycles. The molecular weight excluding hydrogens is 390 g/mol. The van der Waals surface area contributed by atoms with Crippen LogP contribution in [0.5, 0.6) is 0 Å². The molecule has 0 bridgehead atoms. The SMILES string of the molecule is Cc1cc(NC(=O)CCN2C(=O)c3ccccc3C2=O)c2ccc(Cl)c(C)c2n1. The van der Waals surface area contributed by atoms with Crippen LogP contribution in [0.1, 0.15) is 38.4 Å². The van der Waals surface area contributed by atoms with Gasteiger partial charge in [-0.1, -0.05) is 23.7 Å². The molecule has 3 aromatic rings. The molecule has 6 nitrogen and oxygen atoms in total. The van der Waals surface area contributed by atoms with E-state index in [2.05, 4.69) is 10.3 Å². The maximum absolute atomic E-state index is 12.6. The van der Waals surface area contributed by atoms with Gasteiger partial charge in [0.05, 0.1) is 22.3 Å². The Kier molecular flexibility index (Phi) is 4.80. The Morgan fingerprint density at radius 1 is 1.07 bits per heavy atom. The fourth-order valence-electron chi connectivity index (χ4n) is 3.50. The highest BCUT2D eigenvalue weighted by atomic mass is 35.5. The number of carbonyl (C=O) groups is 3. The van der Waals surface area contributed by atoms with Gasteiger partial charge in [0.2, 0.25) is 5.91 Å². The van der Waals surface area contributed by atoms with Crippen molar-refractivity contribution in [2.45, 2.75) is 20.3 Å². The number of anilines is 1. The second-order valence-corrected chi connectivity index (χ2v) is 7.39. The highest BCUT2D eigenvalue weighted by Crippen LogP contribution is 2.30. The van der Waals surface area contributed by atoms with Crippen LogP contribution in [0.3, 0.4) is 0 Å². The van der Waals surface area contributed by atoms with E-state index in [0.29, 0.717) is 21.8 Å². The largest absolute Gasteiger partial charge is 0.325 e. The van der Waals surface area contributed by atoms with E-state index in [1.807, 2.05) is 19.9 Å². The van der Waals surface area contributed by atoms with Crippen molar-refractivity contribution < 1.29 is 14.4 Å². The van der Waals surface area contributed by atoms with Crippen LogP contribution in [0.25, 0.3) is 10.9 Å². The Hall–Kier alpha value is -3.25. The van der Waals surface area contributed by atoms with Crippen molar-refractivity contribution in [2.75, 3.05) is 11.9 Å². The van der Waals surface area contributed by atoms with Gasteiger partial charge in [0.25, 0.3) is 11.8 Å². The molecule has 29 heavy (non-hydrogen) atoms. The molecule has 0 aliphatic carbocycles. The number of nitrogens with zero attached hydrogens (tertiary/aromatic N) is 2. The van der Waals surface area contributed by atoms with Gasteiger partial charge in [-0.3, -0.25) is 24.3 Å². The third-order valence-corrected chi connectivity index (χ3v) is 5.42. The molecule has 0 spiro atoms. The molecule has 146 valence electrons. The average molecular weight is 408 g/mol. The number of imide groups is 1. The summed E-state index contributed by atoms with van der Waals surface area (Å²) in [6, 6.07) is 12.0. The number of amides is 3. The summed E-state index contributed by atoms with van der Waals surface area (Å²) in [5.41, 5.74) is 3.70. The van der Waals surface area contributed by atoms with Gasteiger partial charge in [-0.05, 0) is 49.7 Å². The molecule has 0 atom stereocenters. The Morgan fingerprint density at radius 3 is 2.38 bits per heavy atom. The van der Waals surface area contributed by atoms with Gasteiger partial charge in [-0.15, -0.1) is 0 Å². The van der Waals surface area contributed by atoms with Gasteiger partial charge >= 0.3 is 0 Å². The van der Waals surface area contributed by atoms with E-state index in [9.17, 15) is 14.4 Å². The van der Waals surface area contributed by atoms with Crippen LogP contribution in [0.4, 0.5) is 5.69 Å². The maximum Gasteiger partial charge on any atom is 0.261 e. The van der Waals surface area contributed by atoms with Crippen LogP contribution < -0.4 is 5.32 Å². The molecule has 0 unspecified atom stereocenters.